The van der Waals surface area contributed by atoms with Crippen molar-refractivity contribution in [1.82, 2.24) is 0 Å². The Hall–Kier alpha value is -0.600. The first-order valence-corrected chi connectivity index (χ1v) is 6.67. The zero-order valence-electron chi connectivity index (χ0n) is 9.83. The molecule has 17 heavy (non-hydrogen) atoms. The minimum atomic E-state index is -0.591. The Kier molecular flexibility index (Phi) is 4.41. The lowest BCUT2D eigenvalue weighted by molar-refractivity contribution is 0.131. The van der Waals surface area contributed by atoms with Crippen LogP contribution >= 0.6 is 11.6 Å². The maximum absolute atomic E-state index is 13.2. The molecule has 1 aromatic rings. The van der Waals surface area contributed by atoms with Gasteiger partial charge in [0.05, 0.1) is 6.10 Å². The second-order valence-corrected chi connectivity index (χ2v) is 5.39. The molecule has 1 saturated carbocycles. The monoisotopic (exact) mass is 256 g/mol. The fourth-order valence-corrected chi connectivity index (χ4v) is 2.87. The van der Waals surface area contributed by atoms with E-state index in [4.69, 9.17) is 11.6 Å². The molecule has 1 unspecified atom stereocenters. The van der Waals surface area contributed by atoms with Gasteiger partial charge in [-0.25, -0.2) is 4.39 Å². The molecular weight excluding hydrogens is 239 g/mol. The van der Waals surface area contributed by atoms with Gasteiger partial charge in [0.25, 0.3) is 0 Å². The van der Waals surface area contributed by atoms with Crippen molar-refractivity contribution in [2.24, 2.45) is 5.92 Å². The minimum Gasteiger partial charge on any atom is -0.388 e. The molecule has 1 N–H and O–H groups in total. The van der Waals surface area contributed by atoms with Gasteiger partial charge in [0.1, 0.15) is 5.82 Å². The molecule has 0 saturated heterocycles. The Morgan fingerprint density at radius 2 is 1.94 bits per heavy atom. The van der Waals surface area contributed by atoms with E-state index >= 15 is 0 Å². The lowest BCUT2D eigenvalue weighted by Gasteiger charge is -2.24. The van der Waals surface area contributed by atoms with Crippen LogP contribution in [-0.2, 0) is 0 Å². The Morgan fingerprint density at radius 1 is 1.24 bits per heavy atom. The topological polar surface area (TPSA) is 20.2 Å². The molecule has 0 aromatic heterocycles. The molecule has 1 aliphatic carbocycles. The molecule has 94 valence electrons. The Bertz CT molecular complexity index is 354. The average Bonchev–Trinajstić information content (AvgIpc) is 2.29. The summed E-state index contributed by atoms with van der Waals surface area (Å²) in [5.74, 6) is 0.191. The summed E-state index contributed by atoms with van der Waals surface area (Å²) in [5.41, 5.74) is 0.598. The van der Waals surface area contributed by atoms with Crippen LogP contribution in [0.5, 0.6) is 0 Å². The Balaban J connectivity index is 2.00. The molecule has 1 nitrogen and oxygen atoms in total. The van der Waals surface area contributed by atoms with Crippen LogP contribution in [0.25, 0.3) is 0 Å². The summed E-state index contributed by atoms with van der Waals surface area (Å²) < 4.78 is 13.2. The molecule has 1 aliphatic rings. The molecule has 1 fully saturated rings. The van der Waals surface area contributed by atoms with Crippen molar-refractivity contribution in [1.29, 1.82) is 0 Å². The molecule has 1 aromatic carbocycles. The predicted octanol–water partition coefficient (Wildman–Crippen LogP) is 4.48. The first kappa shape index (κ1) is 12.8. The lowest BCUT2D eigenvalue weighted by atomic mass is 9.84. The van der Waals surface area contributed by atoms with E-state index in [1.807, 2.05) is 0 Å². The molecule has 0 heterocycles. The van der Waals surface area contributed by atoms with Crippen LogP contribution in [0.4, 0.5) is 4.39 Å². The zero-order valence-corrected chi connectivity index (χ0v) is 10.6. The summed E-state index contributed by atoms with van der Waals surface area (Å²) in [7, 11) is 0. The van der Waals surface area contributed by atoms with Crippen LogP contribution in [-0.4, -0.2) is 5.11 Å². The van der Waals surface area contributed by atoms with Crippen molar-refractivity contribution >= 4 is 11.6 Å². The summed E-state index contributed by atoms with van der Waals surface area (Å²) in [6, 6.07) is 4.29. The number of benzene rings is 1. The minimum absolute atomic E-state index is 0.350. The van der Waals surface area contributed by atoms with E-state index in [0.29, 0.717) is 16.5 Å². The van der Waals surface area contributed by atoms with E-state index in [0.717, 1.165) is 6.42 Å². The largest absolute Gasteiger partial charge is 0.388 e. The summed E-state index contributed by atoms with van der Waals surface area (Å²) in [4.78, 5) is 0. The van der Waals surface area contributed by atoms with Gasteiger partial charge in [0.15, 0.2) is 0 Å². The van der Waals surface area contributed by atoms with Gasteiger partial charge < -0.3 is 5.11 Å². The summed E-state index contributed by atoms with van der Waals surface area (Å²) in [5, 5.41) is 10.4. The molecule has 2 rings (SSSR count). The first-order valence-electron chi connectivity index (χ1n) is 6.29. The highest BCUT2D eigenvalue weighted by Gasteiger charge is 2.19. The van der Waals surface area contributed by atoms with E-state index < -0.39 is 6.10 Å². The maximum atomic E-state index is 13.2. The summed E-state index contributed by atoms with van der Waals surface area (Å²) in [6.07, 6.45) is 6.30. The summed E-state index contributed by atoms with van der Waals surface area (Å²) in [6.45, 7) is 0. The van der Waals surface area contributed by atoms with Crippen molar-refractivity contribution < 1.29 is 9.50 Å². The van der Waals surface area contributed by atoms with Gasteiger partial charge >= 0.3 is 0 Å². The molecular formula is C14H18ClFO. The molecule has 0 radical (unpaired) electrons. The predicted molar refractivity (Wildman–Crippen MR) is 67.6 cm³/mol. The third kappa shape index (κ3) is 3.68. The number of hydrogen-bond donors (Lipinski definition) is 1. The first-order chi connectivity index (χ1) is 8.15. The van der Waals surface area contributed by atoms with Gasteiger partial charge in [-0.15, -0.1) is 0 Å². The number of rotatable bonds is 3. The van der Waals surface area contributed by atoms with E-state index in [1.54, 1.807) is 6.07 Å². The number of hydrogen-bond acceptors (Lipinski definition) is 1. The van der Waals surface area contributed by atoms with Gasteiger partial charge in [-0.3, -0.25) is 0 Å². The van der Waals surface area contributed by atoms with Crippen LogP contribution in [0.3, 0.4) is 0 Å². The van der Waals surface area contributed by atoms with Gasteiger partial charge in [-0.05, 0) is 36.1 Å². The Morgan fingerprint density at radius 3 is 2.59 bits per heavy atom. The maximum Gasteiger partial charge on any atom is 0.125 e. The standard InChI is InChI=1S/C14H18ClFO/c15-12-7-11(8-13(16)9-12)14(17)6-10-4-2-1-3-5-10/h7-10,14,17H,1-6H2. The van der Waals surface area contributed by atoms with Crippen LogP contribution in [0, 0.1) is 11.7 Å². The third-order valence-corrected chi connectivity index (χ3v) is 3.77. The van der Waals surface area contributed by atoms with Gasteiger partial charge in [-0.2, -0.15) is 0 Å². The van der Waals surface area contributed by atoms with Crippen LogP contribution in [0.2, 0.25) is 5.02 Å². The van der Waals surface area contributed by atoms with E-state index in [9.17, 15) is 9.50 Å². The molecule has 1 atom stereocenters. The SMILES string of the molecule is OC(CC1CCCCC1)c1cc(F)cc(Cl)c1. The second-order valence-electron chi connectivity index (χ2n) is 4.96. The lowest BCUT2D eigenvalue weighted by Crippen LogP contribution is -2.11. The van der Waals surface area contributed by atoms with Crippen molar-refractivity contribution in [3.8, 4) is 0 Å². The zero-order chi connectivity index (χ0) is 12.3. The van der Waals surface area contributed by atoms with Crippen molar-refractivity contribution in [2.75, 3.05) is 0 Å². The number of aliphatic hydroxyl groups excluding tert-OH is 1. The molecule has 0 spiro atoms. The van der Waals surface area contributed by atoms with Crippen molar-refractivity contribution in [3.05, 3.63) is 34.6 Å². The van der Waals surface area contributed by atoms with Gasteiger partial charge in [0.2, 0.25) is 0 Å². The average molecular weight is 257 g/mol. The molecule has 3 heteroatoms. The normalized spacial score (nSPS) is 19.2. The second kappa shape index (κ2) is 5.83. The quantitative estimate of drug-likeness (QED) is 0.845. The van der Waals surface area contributed by atoms with Gasteiger partial charge in [-0.1, -0.05) is 43.7 Å². The molecule has 0 aliphatic heterocycles. The number of halogens is 2. The van der Waals surface area contributed by atoms with Crippen LogP contribution < -0.4 is 0 Å². The van der Waals surface area contributed by atoms with E-state index in [-0.39, 0.29) is 5.82 Å². The fourth-order valence-electron chi connectivity index (χ4n) is 2.64. The van der Waals surface area contributed by atoms with Crippen molar-refractivity contribution in [3.63, 3.8) is 0 Å². The molecule has 0 bridgehead atoms. The smallest absolute Gasteiger partial charge is 0.125 e. The van der Waals surface area contributed by atoms with E-state index in [2.05, 4.69) is 0 Å². The fraction of sp³-hybridized carbons (Fsp3) is 0.571. The van der Waals surface area contributed by atoms with Crippen LogP contribution in [0.15, 0.2) is 18.2 Å². The highest BCUT2D eigenvalue weighted by Crippen LogP contribution is 2.32. The van der Waals surface area contributed by atoms with Crippen LogP contribution in [0.1, 0.15) is 50.2 Å². The Labute approximate surface area is 107 Å². The van der Waals surface area contributed by atoms with Crippen molar-refractivity contribution in [2.45, 2.75) is 44.6 Å². The number of aliphatic hydroxyl groups is 1. The third-order valence-electron chi connectivity index (χ3n) is 3.55. The summed E-state index contributed by atoms with van der Waals surface area (Å²) >= 11 is 5.79. The van der Waals surface area contributed by atoms with Gasteiger partial charge in [0, 0.05) is 5.02 Å². The van der Waals surface area contributed by atoms with E-state index in [1.165, 1.54) is 44.2 Å². The highest BCUT2D eigenvalue weighted by atomic mass is 35.5. The molecule has 0 amide bonds. The highest BCUT2D eigenvalue weighted by molar-refractivity contribution is 6.30.